The van der Waals surface area contributed by atoms with E-state index in [9.17, 15) is 26.3 Å². The lowest BCUT2D eigenvalue weighted by Crippen LogP contribution is -2.61. The third-order valence-corrected chi connectivity index (χ3v) is 3.17. The third-order valence-electron chi connectivity index (χ3n) is 3.17. The van der Waals surface area contributed by atoms with Gasteiger partial charge in [0.1, 0.15) is 0 Å². The molecule has 0 fully saturated rings. The summed E-state index contributed by atoms with van der Waals surface area (Å²) >= 11 is 0. The van der Waals surface area contributed by atoms with Gasteiger partial charge in [0.25, 0.3) is 0 Å². The molecule has 2 aromatic carbocycles. The summed E-state index contributed by atoms with van der Waals surface area (Å²) in [6.45, 7) is -0.726. The Hall–Kier alpha value is -2.10. The average molecular weight is 363 g/mol. The molecule has 0 bridgehead atoms. The van der Waals surface area contributed by atoms with Crippen LogP contribution in [0.5, 0.6) is 0 Å². The number of halogens is 6. The van der Waals surface area contributed by atoms with Gasteiger partial charge in [-0.25, -0.2) is 5.01 Å². The van der Waals surface area contributed by atoms with Crippen molar-refractivity contribution in [1.29, 1.82) is 0 Å². The van der Waals surface area contributed by atoms with Gasteiger partial charge in [-0.3, -0.25) is 0 Å². The van der Waals surface area contributed by atoms with Crippen LogP contribution < -0.4 is 5.43 Å². The fourth-order valence-electron chi connectivity index (χ4n) is 2.20. The van der Waals surface area contributed by atoms with Crippen LogP contribution >= 0.6 is 0 Å². The molecular weight excluding hydrogens is 348 g/mol. The molecule has 2 rings (SSSR count). The number of nitrogens with zero attached hydrogens (tertiary/aromatic N) is 2. The maximum absolute atomic E-state index is 13.2. The van der Waals surface area contributed by atoms with Crippen LogP contribution in [0.1, 0.15) is 11.1 Å². The second-order valence-electron chi connectivity index (χ2n) is 5.18. The molecule has 9 heteroatoms. The quantitative estimate of drug-likeness (QED) is 0.465. The summed E-state index contributed by atoms with van der Waals surface area (Å²) in [5, 5.41) is -0.273. The standard InChI is InChI=1S/C16H15F6N3/c17-15(18,19)23-25(16(20,21)22)24(11-13-7-3-1-4-8-13)12-14-9-5-2-6-10-14/h1-10,23H,11-12H2. The Bertz CT molecular complexity index is 601. The fourth-order valence-corrected chi connectivity index (χ4v) is 2.20. The lowest BCUT2D eigenvalue weighted by molar-refractivity contribution is -0.378. The van der Waals surface area contributed by atoms with E-state index in [-0.39, 0.29) is 13.1 Å². The van der Waals surface area contributed by atoms with E-state index in [1.807, 2.05) is 0 Å². The summed E-state index contributed by atoms with van der Waals surface area (Å²) in [4.78, 5) is 0. The first-order valence-electron chi connectivity index (χ1n) is 7.19. The molecule has 0 aromatic heterocycles. The number of alkyl halides is 6. The lowest BCUT2D eigenvalue weighted by atomic mass is 10.2. The first kappa shape index (κ1) is 19.2. The van der Waals surface area contributed by atoms with E-state index in [0.29, 0.717) is 21.6 Å². The zero-order valence-electron chi connectivity index (χ0n) is 12.8. The van der Waals surface area contributed by atoms with E-state index in [4.69, 9.17) is 0 Å². The van der Waals surface area contributed by atoms with Gasteiger partial charge in [-0.1, -0.05) is 65.8 Å². The first-order chi connectivity index (χ1) is 11.6. The largest absolute Gasteiger partial charge is 0.487 e. The molecule has 0 spiro atoms. The van der Waals surface area contributed by atoms with Gasteiger partial charge >= 0.3 is 12.6 Å². The molecule has 0 aliphatic carbocycles. The van der Waals surface area contributed by atoms with Crippen molar-refractivity contribution in [3.05, 3.63) is 71.8 Å². The third kappa shape index (κ3) is 6.37. The second kappa shape index (κ2) is 7.85. The van der Waals surface area contributed by atoms with Crippen molar-refractivity contribution in [3.8, 4) is 0 Å². The van der Waals surface area contributed by atoms with E-state index in [0.717, 1.165) is 0 Å². The van der Waals surface area contributed by atoms with Gasteiger partial charge in [0.2, 0.25) is 0 Å². The first-order valence-corrected chi connectivity index (χ1v) is 7.19. The molecule has 1 N–H and O–H groups in total. The van der Waals surface area contributed by atoms with Gasteiger partial charge in [0.15, 0.2) is 0 Å². The second-order valence-corrected chi connectivity index (χ2v) is 5.18. The highest BCUT2D eigenvalue weighted by molar-refractivity contribution is 5.16. The van der Waals surface area contributed by atoms with Crippen molar-refractivity contribution >= 4 is 0 Å². The Labute approximate surface area is 140 Å². The van der Waals surface area contributed by atoms with Crippen LogP contribution in [0.3, 0.4) is 0 Å². The molecule has 0 aliphatic heterocycles. The van der Waals surface area contributed by atoms with Crippen molar-refractivity contribution in [2.24, 2.45) is 0 Å². The minimum Gasteiger partial charge on any atom is -0.211 e. The summed E-state index contributed by atoms with van der Waals surface area (Å²) in [5.41, 5.74) is 1.45. The van der Waals surface area contributed by atoms with Crippen LogP contribution in [0.4, 0.5) is 26.3 Å². The van der Waals surface area contributed by atoms with Crippen LogP contribution in [-0.4, -0.2) is 22.7 Å². The highest BCUT2D eigenvalue weighted by atomic mass is 19.4. The molecule has 0 saturated heterocycles. The van der Waals surface area contributed by atoms with Gasteiger partial charge in [-0.05, 0) is 11.1 Å². The Morgan fingerprint density at radius 1 is 0.680 bits per heavy atom. The molecule has 25 heavy (non-hydrogen) atoms. The Kier molecular flexibility index (Phi) is 6.04. The van der Waals surface area contributed by atoms with Crippen LogP contribution in [0.2, 0.25) is 0 Å². The predicted molar refractivity (Wildman–Crippen MR) is 79.2 cm³/mol. The number of benzene rings is 2. The SMILES string of the molecule is FC(F)(F)NN(N(Cc1ccccc1)Cc1ccccc1)C(F)(F)F. The highest BCUT2D eigenvalue weighted by Crippen LogP contribution is 2.27. The zero-order chi connectivity index (χ0) is 18.5. The van der Waals surface area contributed by atoms with Crippen LogP contribution in [-0.2, 0) is 13.1 Å². The van der Waals surface area contributed by atoms with Crippen molar-refractivity contribution in [1.82, 2.24) is 15.6 Å². The lowest BCUT2D eigenvalue weighted by Gasteiger charge is -2.36. The summed E-state index contributed by atoms with van der Waals surface area (Å²) in [6.07, 6.45) is -10.5. The van der Waals surface area contributed by atoms with Crippen LogP contribution in [0.15, 0.2) is 60.7 Å². The number of hydrogen-bond donors (Lipinski definition) is 1. The van der Waals surface area contributed by atoms with Crippen molar-refractivity contribution in [3.63, 3.8) is 0 Å². The molecular formula is C16H15F6N3. The van der Waals surface area contributed by atoms with Gasteiger partial charge in [0.05, 0.1) is 0 Å². The minimum absolute atomic E-state index is 0.363. The van der Waals surface area contributed by atoms with Gasteiger partial charge in [-0.15, -0.1) is 5.43 Å². The molecule has 3 nitrogen and oxygen atoms in total. The smallest absolute Gasteiger partial charge is 0.211 e. The van der Waals surface area contributed by atoms with E-state index < -0.39 is 17.7 Å². The number of hydrogen-bond acceptors (Lipinski definition) is 3. The number of rotatable bonds is 6. The molecule has 0 aliphatic rings. The fraction of sp³-hybridized carbons (Fsp3) is 0.250. The number of nitrogens with one attached hydrogen (secondary N) is 1. The molecule has 0 atom stereocenters. The topological polar surface area (TPSA) is 18.5 Å². The zero-order valence-corrected chi connectivity index (χ0v) is 12.8. The van der Waals surface area contributed by atoms with Gasteiger partial charge in [-0.2, -0.15) is 26.3 Å². The van der Waals surface area contributed by atoms with Crippen molar-refractivity contribution in [2.75, 3.05) is 0 Å². The van der Waals surface area contributed by atoms with Gasteiger partial charge in [0, 0.05) is 13.1 Å². The summed E-state index contributed by atoms with van der Waals surface area (Å²) in [7, 11) is 0. The molecule has 0 amide bonds. The van der Waals surface area contributed by atoms with Crippen LogP contribution in [0, 0.1) is 0 Å². The molecule has 0 unspecified atom stereocenters. The van der Waals surface area contributed by atoms with E-state index in [1.54, 1.807) is 60.7 Å². The van der Waals surface area contributed by atoms with E-state index in [1.165, 1.54) is 0 Å². The average Bonchev–Trinajstić information content (AvgIpc) is 2.52. The molecule has 136 valence electrons. The van der Waals surface area contributed by atoms with Gasteiger partial charge < -0.3 is 0 Å². The maximum Gasteiger partial charge on any atom is 0.487 e. The molecule has 0 saturated carbocycles. The maximum atomic E-state index is 13.2. The van der Waals surface area contributed by atoms with E-state index >= 15 is 0 Å². The monoisotopic (exact) mass is 363 g/mol. The predicted octanol–water partition coefficient (Wildman–Crippen LogP) is 4.45. The minimum atomic E-state index is -5.26. The summed E-state index contributed by atoms with van der Waals surface area (Å²) in [5.74, 6) is 0. The van der Waals surface area contributed by atoms with Crippen LogP contribution in [0.25, 0.3) is 0 Å². The summed E-state index contributed by atoms with van der Waals surface area (Å²) in [6, 6.07) is 15.9. The Morgan fingerprint density at radius 2 is 1.08 bits per heavy atom. The Balaban J connectivity index is 2.32. The summed E-state index contributed by atoms with van der Waals surface area (Å²) < 4.78 is 77.5. The van der Waals surface area contributed by atoms with Crippen molar-refractivity contribution < 1.29 is 26.3 Å². The molecule has 0 heterocycles. The van der Waals surface area contributed by atoms with E-state index in [2.05, 4.69) is 0 Å². The number of hydrazine groups is 2. The molecule has 0 radical (unpaired) electrons. The Morgan fingerprint density at radius 3 is 1.40 bits per heavy atom. The normalized spacial score (nSPS) is 12.8. The molecule has 2 aromatic rings. The van der Waals surface area contributed by atoms with Crippen molar-refractivity contribution in [2.45, 2.75) is 25.7 Å². The highest BCUT2D eigenvalue weighted by Gasteiger charge is 2.47.